The van der Waals surface area contributed by atoms with E-state index < -0.39 is 8.07 Å². The third-order valence-electron chi connectivity index (χ3n) is 2.53. The van der Waals surface area contributed by atoms with Crippen LogP contribution in [0.1, 0.15) is 16.9 Å². The Morgan fingerprint density at radius 2 is 1.92 bits per heavy atom. The lowest BCUT2D eigenvalue weighted by Gasteiger charge is -2.24. The molecule has 0 saturated heterocycles. The maximum Gasteiger partial charge on any atom is 0.0842 e. The second kappa shape index (κ2) is 2.96. The van der Waals surface area contributed by atoms with E-state index in [2.05, 4.69) is 43.9 Å². The number of benzene rings is 1. The fourth-order valence-corrected chi connectivity index (χ4v) is 3.70. The summed E-state index contributed by atoms with van der Waals surface area (Å²) in [6.45, 7) is 7.89. The van der Waals surface area contributed by atoms with Gasteiger partial charge in [-0.05, 0) is 11.1 Å². The molecule has 0 N–H and O–H groups in total. The van der Waals surface area contributed by atoms with Crippen molar-refractivity contribution in [2.24, 2.45) is 0 Å². The predicted octanol–water partition coefficient (Wildman–Crippen LogP) is 3.14. The Morgan fingerprint density at radius 1 is 1.23 bits per heavy atom. The van der Waals surface area contributed by atoms with Gasteiger partial charge in [-0.15, -0.1) is 0 Å². The van der Waals surface area contributed by atoms with Crippen molar-refractivity contribution in [2.45, 2.75) is 32.0 Å². The summed E-state index contributed by atoms with van der Waals surface area (Å²) < 4.78 is 5.85. The van der Waals surface area contributed by atoms with Gasteiger partial charge in [-0.1, -0.05) is 43.9 Å². The van der Waals surface area contributed by atoms with Gasteiger partial charge in [0.15, 0.2) is 0 Å². The smallest absolute Gasteiger partial charge is 0.0842 e. The minimum Gasteiger partial charge on any atom is -0.372 e. The van der Waals surface area contributed by atoms with Gasteiger partial charge >= 0.3 is 0 Å². The highest BCUT2D eigenvalue weighted by molar-refractivity contribution is 6.77. The monoisotopic (exact) mass is 192 g/mol. The largest absolute Gasteiger partial charge is 0.372 e. The quantitative estimate of drug-likeness (QED) is 0.621. The molecule has 1 atom stereocenters. The van der Waals surface area contributed by atoms with Gasteiger partial charge in [-0.2, -0.15) is 0 Å². The Bertz CT molecular complexity index is 314. The summed E-state index contributed by atoms with van der Waals surface area (Å²) >= 11 is 0. The summed E-state index contributed by atoms with van der Waals surface area (Å²) in [4.78, 5) is 0. The standard InChI is InChI=1S/C11H16OSi/c1-13(2,3)11-10-7-5-4-6-9(10)8-12-11/h4-7,11H,8H2,1-3H3/t11-/m1/s1. The lowest BCUT2D eigenvalue weighted by atomic mass is 10.1. The number of rotatable bonds is 1. The van der Waals surface area contributed by atoms with E-state index >= 15 is 0 Å². The third-order valence-corrected chi connectivity index (χ3v) is 4.58. The molecular weight excluding hydrogens is 176 g/mol. The zero-order valence-corrected chi connectivity index (χ0v) is 9.50. The molecule has 13 heavy (non-hydrogen) atoms. The van der Waals surface area contributed by atoms with E-state index in [4.69, 9.17) is 4.74 Å². The number of hydrogen-bond acceptors (Lipinski definition) is 1. The van der Waals surface area contributed by atoms with Crippen molar-refractivity contribution in [1.82, 2.24) is 0 Å². The van der Waals surface area contributed by atoms with Crippen LogP contribution in [0, 0.1) is 0 Å². The van der Waals surface area contributed by atoms with Crippen LogP contribution in [-0.2, 0) is 11.3 Å². The maximum absolute atomic E-state index is 5.85. The van der Waals surface area contributed by atoms with Crippen molar-refractivity contribution in [3.63, 3.8) is 0 Å². The molecule has 0 radical (unpaired) electrons. The zero-order chi connectivity index (χ0) is 9.47. The van der Waals surface area contributed by atoms with Gasteiger partial charge in [-0.3, -0.25) is 0 Å². The Morgan fingerprint density at radius 3 is 2.62 bits per heavy atom. The van der Waals surface area contributed by atoms with Crippen molar-refractivity contribution in [2.75, 3.05) is 0 Å². The van der Waals surface area contributed by atoms with Crippen molar-refractivity contribution < 1.29 is 4.74 Å². The molecule has 70 valence electrons. The first-order valence-corrected chi connectivity index (χ1v) is 8.36. The molecule has 0 aliphatic carbocycles. The molecule has 1 aromatic rings. The van der Waals surface area contributed by atoms with Gasteiger partial charge in [0.25, 0.3) is 0 Å². The fourth-order valence-electron chi connectivity index (χ4n) is 1.90. The molecule has 1 aromatic carbocycles. The van der Waals surface area contributed by atoms with Gasteiger partial charge in [0.2, 0.25) is 0 Å². The van der Waals surface area contributed by atoms with Crippen molar-refractivity contribution in [3.05, 3.63) is 35.4 Å². The summed E-state index contributed by atoms with van der Waals surface area (Å²) in [5.74, 6) is 0. The van der Waals surface area contributed by atoms with Gasteiger partial charge in [0.1, 0.15) is 0 Å². The van der Waals surface area contributed by atoms with Crippen LogP contribution >= 0.6 is 0 Å². The summed E-state index contributed by atoms with van der Waals surface area (Å²) in [5, 5.41) is 0. The van der Waals surface area contributed by atoms with Crippen LogP contribution < -0.4 is 0 Å². The molecule has 1 aliphatic rings. The highest BCUT2D eigenvalue weighted by atomic mass is 28.3. The molecule has 0 amide bonds. The second-order valence-electron chi connectivity index (χ2n) is 4.76. The summed E-state index contributed by atoms with van der Waals surface area (Å²) in [6.07, 6.45) is 0. The van der Waals surface area contributed by atoms with Crippen LogP contribution in [-0.4, -0.2) is 8.07 Å². The third kappa shape index (κ3) is 1.56. The van der Waals surface area contributed by atoms with Crippen LogP contribution in [0.4, 0.5) is 0 Å². The Balaban J connectivity index is 2.39. The van der Waals surface area contributed by atoms with Crippen molar-refractivity contribution in [3.8, 4) is 0 Å². The minimum atomic E-state index is -1.20. The van der Waals surface area contributed by atoms with E-state index in [1.54, 1.807) is 0 Å². The highest BCUT2D eigenvalue weighted by Crippen LogP contribution is 2.36. The van der Waals surface area contributed by atoms with E-state index in [0.29, 0.717) is 5.73 Å². The predicted molar refractivity (Wildman–Crippen MR) is 57.3 cm³/mol. The van der Waals surface area contributed by atoms with Crippen LogP contribution in [0.5, 0.6) is 0 Å². The van der Waals surface area contributed by atoms with Crippen LogP contribution in [0.2, 0.25) is 19.6 Å². The summed E-state index contributed by atoms with van der Waals surface area (Å²) in [6, 6.07) is 8.59. The molecule has 0 saturated carbocycles. The van der Waals surface area contributed by atoms with E-state index in [1.165, 1.54) is 11.1 Å². The van der Waals surface area contributed by atoms with E-state index in [1.807, 2.05) is 0 Å². The zero-order valence-electron chi connectivity index (χ0n) is 8.50. The van der Waals surface area contributed by atoms with E-state index in [-0.39, 0.29) is 0 Å². The molecule has 1 aliphatic heterocycles. The van der Waals surface area contributed by atoms with Gasteiger partial charge in [-0.25, -0.2) is 0 Å². The van der Waals surface area contributed by atoms with Gasteiger partial charge in [0, 0.05) is 0 Å². The molecule has 2 rings (SSSR count). The van der Waals surface area contributed by atoms with Gasteiger partial charge in [0.05, 0.1) is 20.4 Å². The number of fused-ring (bicyclic) bond motifs is 1. The minimum absolute atomic E-state index is 0.406. The lowest BCUT2D eigenvalue weighted by Crippen LogP contribution is -2.30. The van der Waals surface area contributed by atoms with Gasteiger partial charge < -0.3 is 4.74 Å². The molecule has 0 bridgehead atoms. The average Bonchev–Trinajstić information content (AvgIpc) is 2.45. The Kier molecular flexibility index (Phi) is 2.04. The molecule has 1 heterocycles. The Hall–Kier alpha value is -0.603. The topological polar surface area (TPSA) is 9.23 Å². The Labute approximate surface area is 80.7 Å². The molecule has 0 aromatic heterocycles. The molecule has 0 fully saturated rings. The van der Waals surface area contributed by atoms with E-state index in [9.17, 15) is 0 Å². The van der Waals surface area contributed by atoms with E-state index in [0.717, 1.165) is 6.61 Å². The van der Waals surface area contributed by atoms with Crippen LogP contribution in [0.3, 0.4) is 0 Å². The number of hydrogen-bond donors (Lipinski definition) is 0. The summed E-state index contributed by atoms with van der Waals surface area (Å²) in [5.41, 5.74) is 3.22. The summed E-state index contributed by atoms with van der Waals surface area (Å²) in [7, 11) is -1.20. The molecule has 0 unspecified atom stereocenters. The fraction of sp³-hybridized carbons (Fsp3) is 0.455. The average molecular weight is 192 g/mol. The highest BCUT2D eigenvalue weighted by Gasteiger charge is 2.34. The molecule has 0 spiro atoms. The first kappa shape index (κ1) is 8.97. The molecular formula is C11H16OSi. The first-order valence-electron chi connectivity index (χ1n) is 4.78. The number of ether oxygens (including phenoxy) is 1. The lowest BCUT2D eigenvalue weighted by molar-refractivity contribution is 0.114. The normalized spacial score (nSPS) is 21.6. The maximum atomic E-state index is 5.85. The molecule has 1 nitrogen and oxygen atoms in total. The molecule has 2 heteroatoms. The van der Waals surface area contributed by atoms with Crippen LogP contribution in [0.25, 0.3) is 0 Å². The second-order valence-corrected chi connectivity index (χ2v) is 10.0. The SMILES string of the molecule is C[Si](C)(C)[C@H]1OCc2ccccc21. The van der Waals surface area contributed by atoms with Crippen molar-refractivity contribution in [1.29, 1.82) is 0 Å². The first-order chi connectivity index (χ1) is 6.09. The van der Waals surface area contributed by atoms with Crippen LogP contribution in [0.15, 0.2) is 24.3 Å². The van der Waals surface area contributed by atoms with Crippen molar-refractivity contribution >= 4 is 8.07 Å².